The summed E-state index contributed by atoms with van der Waals surface area (Å²) in [6, 6.07) is 7.17. The lowest BCUT2D eigenvalue weighted by Crippen LogP contribution is -2.30. The van der Waals surface area contributed by atoms with Gasteiger partial charge in [-0.1, -0.05) is 24.3 Å². The Morgan fingerprint density at radius 3 is 1.94 bits per heavy atom. The van der Waals surface area contributed by atoms with Crippen molar-refractivity contribution >= 4 is 35.8 Å². The Hall–Kier alpha value is -0.255. The number of hydrogen-bond acceptors (Lipinski definition) is 3. The Balaban J connectivity index is 2.59. The molecule has 0 saturated heterocycles. The van der Waals surface area contributed by atoms with Crippen LogP contribution in [0.5, 0.6) is 0 Å². The van der Waals surface area contributed by atoms with Crippen LogP contribution in [0.4, 0.5) is 0 Å². The lowest BCUT2D eigenvalue weighted by molar-refractivity contribution is 0.299. The van der Waals surface area contributed by atoms with Crippen LogP contribution in [0.3, 0.4) is 0 Å². The molecule has 0 unspecified atom stereocenters. The van der Waals surface area contributed by atoms with Gasteiger partial charge in [0, 0.05) is 31.4 Å². The number of alkyl halides is 2. The highest BCUT2D eigenvalue weighted by atomic mass is 35.5. The van der Waals surface area contributed by atoms with E-state index in [1.165, 1.54) is 0 Å². The minimum Gasteiger partial charge on any atom is -0.423 e. The van der Waals surface area contributed by atoms with Crippen molar-refractivity contribution in [1.82, 2.24) is 4.90 Å². The molecule has 94 valence electrons. The van der Waals surface area contributed by atoms with Crippen LogP contribution in [0.1, 0.15) is 5.56 Å². The largest absolute Gasteiger partial charge is 0.488 e. The summed E-state index contributed by atoms with van der Waals surface area (Å²) < 4.78 is 0. The lowest BCUT2D eigenvalue weighted by Gasteiger charge is -2.20. The molecule has 0 saturated carbocycles. The van der Waals surface area contributed by atoms with Gasteiger partial charge in [0.05, 0.1) is 0 Å². The lowest BCUT2D eigenvalue weighted by atomic mass is 9.80. The second-order valence-electron chi connectivity index (χ2n) is 3.77. The molecule has 0 atom stereocenters. The van der Waals surface area contributed by atoms with E-state index < -0.39 is 7.12 Å². The molecular weight excluding hydrogens is 260 g/mol. The highest BCUT2D eigenvalue weighted by Gasteiger charge is 2.10. The number of benzene rings is 1. The molecule has 0 aromatic heterocycles. The molecule has 0 amide bonds. The monoisotopic (exact) mass is 275 g/mol. The van der Waals surface area contributed by atoms with Gasteiger partial charge in [-0.15, -0.1) is 23.2 Å². The van der Waals surface area contributed by atoms with Crippen molar-refractivity contribution in [2.45, 2.75) is 6.54 Å². The van der Waals surface area contributed by atoms with Crippen LogP contribution in [0.25, 0.3) is 0 Å². The highest BCUT2D eigenvalue weighted by Crippen LogP contribution is 2.04. The van der Waals surface area contributed by atoms with Crippen molar-refractivity contribution in [1.29, 1.82) is 0 Å². The second-order valence-corrected chi connectivity index (χ2v) is 4.53. The zero-order chi connectivity index (χ0) is 12.7. The molecule has 0 fully saturated rings. The summed E-state index contributed by atoms with van der Waals surface area (Å²) in [7, 11) is -1.41. The van der Waals surface area contributed by atoms with Crippen LogP contribution in [-0.2, 0) is 6.54 Å². The van der Waals surface area contributed by atoms with Crippen LogP contribution in [-0.4, -0.2) is 46.9 Å². The highest BCUT2D eigenvalue weighted by molar-refractivity contribution is 6.58. The first-order valence-electron chi connectivity index (χ1n) is 5.46. The Bertz CT molecular complexity index is 316. The van der Waals surface area contributed by atoms with Crippen molar-refractivity contribution in [3.05, 3.63) is 29.8 Å². The minimum atomic E-state index is -1.41. The predicted octanol–water partition coefficient (Wildman–Crippen LogP) is 0.646. The number of nitrogens with zero attached hydrogens (tertiary/aromatic N) is 1. The third kappa shape index (κ3) is 5.28. The van der Waals surface area contributed by atoms with E-state index in [1.54, 1.807) is 12.1 Å². The van der Waals surface area contributed by atoms with E-state index in [9.17, 15) is 0 Å². The van der Waals surface area contributed by atoms with E-state index in [0.29, 0.717) is 17.2 Å². The first-order valence-corrected chi connectivity index (χ1v) is 6.53. The Kier molecular flexibility index (Phi) is 6.93. The van der Waals surface area contributed by atoms with Crippen molar-refractivity contribution in [3.8, 4) is 0 Å². The SMILES string of the molecule is OB(O)c1ccc(CN(CCCl)CCCl)cc1. The second kappa shape index (κ2) is 7.95. The van der Waals surface area contributed by atoms with Gasteiger partial charge in [-0.25, -0.2) is 0 Å². The summed E-state index contributed by atoms with van der Waals surface area (Å²) in [4.78, 5) is 2.16. The molecule has 2 N–H and O–H groups in total. The van der Waals surface area contributed by atoms with Crippen molar-refractivity contribution in [2.75, 3.05) is 24.8 Å². The van der Waals surface area contributed by atoms with Crippen LogP contribution in [0.2, 0.25) is 0 Å². The van der Waals surface area contributed by atoms with Gasteiger partial charge in [-0.2, -0.15) is 0 Å². The average molecular weight is 276 g/mol. The molecule has 0 aliphatic heterocycles. The number of hydrogen-bond donors (Lipinski definition) is 2. The maximum absolute atomic E-state index is 8.98. The topological polar surface area (TPSA) is 43.7 Å². The Morgan fingerprint density at radius 2 is 1.53 bits per heavy atom. The predicted molar refractivity (Wildman–Crippen MR) is 73.0 cm³/mol. The first kappa shape index (κ1) is 14.8. The number of rotatable bonds is 7. The van der Waals surface area contributed by atoms with Gasteiger partial charge in [0.2, 0.25) is 0 Å². The van der Waals surface area contributed by atoms with Crippen LogP contribution in [0, 0.1) is 0 Å². The van der Waals surface area contributed by atoms with Crippen LogP contribution >= 0.6 is 23.2 Å². The summed E-state index contributed by atoms with van der Waals surface area (Å²) in [5.41, 5.74) is 1.60. The molecule has 3 nitrogen and oxygen atoms in total. The van der Waals surface area contributed by atoms with E-state index >= 15 is 0 Å². The minimum absolute atomic E-state index is 0.495. The van der Waals surface area contributed by atoms with Gasteiger partial charge in [0.25, 0.3) is 0 Å². The van der Waals surface area contributed by atoms with Gasteiger partial charge >= 0.3 is 7.12 Å². The van der Waals surface area contributed by atoms with Gasteiger partial charge < -0.3 is 10.0 Å². The third-order valence-electron chi connectivity index (χ3n) is 2.49. The van der Waals surface area contributed by atoms with Crippen molar-refractivity contribution < 1.29 is 10.0 Å². The smallest absolute Gasteiger partial charge is 0.423 e. The summed E-state index contributed by atoms with van der Waals surface area (Å²) in [5, 5.41) is 18.0. The van der Waals surface area contributed by atoms with E-state index in [1.807, 2.05) is 12.1 Å². The van der Waals surface area contributed by atoms with Crippen LogP contribution < -0.4 is 5.46 Å². The first-order chi connectivity index (χ1) is 8.17. The molecule has 0 aliphatic rings. The molecule has 6 heteroatoms. The maximum Gasteiger partial charge on any atom is 0.488 e. The molecular formula is C11H16BCl2NO2. The molecule has 1 rings (SSSR count). The molecule has 0 spiro atoms. The van der Waals surface area contributed by atoms with Gasteiger partial charge in [0.15, 0.2) is 0 Å². The quantitative estimate of drug-likeness (QED) is 0.567. The van der Waals surface area contributed by atoms with Crippen LogP contribution in [0.15, 0.2) is 24.3 Å². The molecule has 1 aromatic carbocycles. The standard InChI is InChI=1S/C11H16BCl2NO2/c13-5-7-15(8-6-14)9-10-1-3-11(4-2-10)12(16)17/h1-4,16-17H,5-9H2. The zero-order valence-corrected chi connectivity index (χ0v) is 11.0. The van der Waals surface area contributed by atoms with E-state index in [4.69, 9.17) is 33.2 Å². The Morgan fingerprint density at radius 1 is 1.00 bits per heavy atom. The molecule has 0 radical (unpaired) electrons. The Labute approximate surface area is 112 Å². The fraction of sp³-hybridized carbons (Fsp3) is 0.455. The summed E-state index contributed by atoms with van der Waals surface area (Å²) in [6.07, 6.45) is 0. The number of halogens is 2. The van der Waals surface area contributed by atoms with Crippen molar-refractivity contribution in [2.24, 2.45) is 0 Å². The molecule has 0 heterocycles. The summed E-state index contributed by atoms with van der Waals surface area (Å²) >= 11 is 11.4. The summed E-state index contributed by atoms with van der Waals surface area (Å²) in [5.74, 6) is 1.15. The van der Waals surface area contributed by atoms with E-state index in [-0.39, 0.29) is 0 Å². The molecule has 0 aliphatic carbocycles. The van der Waals surface area contributed by atoms with Gasteiger partial charge in [0.1, 0.15) is 0 Å². The molecule has 17 heavy (non-hydrogen) atoms. The van der Waals surface area contributed by atoms with E-state index in [0.717, 1.165) is 25.2 Å². The van der Waals surface area contributed by atoms with E-state index in [2.05, 4.69) is 4.90 Å². The fourth-order valence-corrected chi connectivity index (χ4v) is 2.04. The van der Waals surface area contributed by atoms with Gasteiger partial charge in [-0.3, -0.25) is 4.90 Å². The van der Waals surface area contributed by atoms with Gasteiger partial charge in [-0.05, 0) is 11.0 Å². The molecule has 1 aromatic rings. The van der Waals surface area contributed by atoms with Crippen molar-refractivity contribution in [3.63, 3.8) is 0 Å². The third-order valence-corrected chi connectivity index (χ3v) is 2.82. The summed E-state index contributed by atoms with van der Waals surface area (Å²) in [6.45, 7) is 2.35. The average Bonchev–Trinajstić information content (AvgIpc) is 2.30. The molecule has 0 bridgehead atoms. The maximum atomic E-state index is 8.98. The normalized spacial score (nSPS) is 10.9. The zero-order valence-electron chi connectivity index (χ0n) is 9.52. The fourth-order valence-electron chi connectivity index (χ4n) is 1.56.